The van der Waals surface area contributed by atoms with Crippen molar-refractivity contribution in [3.63, 3.8) is 0 Å². The molecule has 0 heterocycles. The van der Waals surface area contributed by atoms with Crippen LogP contribution in [0, 0.1) is 11.3 Å². The first-order valence-electron chi connectivity index (χ1n) is 5.50. The fraction of sp³-hybridized carbons (Fsp3) is 0.909. The summed E-state index contributed by atoms with van der Waals surface area (Å²) in [7, 11) is 1.81. The molecule has 3 N–H and O–H groups in total. The third kappa shape index (κ3) is 2.92. The summed E-state index contributed by atoms with van der Waals surface area (Å²) in [6.45, 7) is 4.83. The van der Waals surface area contributed by atoms with Crippen LogP contribution >= 0.6 is 0 Å². The van der Waals surface area contributed by atoms with Crippen molar-refractivity contribution in [3.05, 3.63) is 0 Å². The van der Waals surface area contributed by atoms with Gasteiger partial charge in [0.2, 0.25) is 5.91 Å². The minimum Gasteiger partial charge on any atom is -0.393 e. The molecule has 0 aromatic carbocycles. The zero-order valence-corrected chi connectivity index (χ0v) is 9.86. The standard InChI is InChI=1S/C11H22N2O2/c1-11(2,7-12)10(15)13(3)6-8-4-9(14)5-8/h8-9,14H,4-7,12H2,1-3H3. The Morgan fingerprint density at radius 3 is 2.47 bits per heavy atom. The lowest BCUT2D eigenvalue weighted by molar-refractivity contribution is -0.140. The SMILES string of the molecule is CN(CC1CC(O)C1)C(=O)C(C)(C)CN. The van der Waals surface area contributed by atoms with Crippen molar-refractivity contribution in [1.82, 2.24) is 4.90 Å². The number of aliphatic hydroxyl groups excluding tert-OH is 1. The van der Waals surface area contributed by atoms with Crippen molar-refractivity contribution >= 4 is 5.91 Å². The zero-order valence-electron chi connectivity index (χ0n) is 9.86. The molecule has 1 rings (SSSR count). The molecule has 0 radical (unpaired) electrons. The van der Waals surface area contributed by atoms with Gasteiger partial charge in [0.25, 0.3) is 0 Å². The van der Waals surface area contributed by atoms with E-state index in [4.69, 9.17) is 10.8 Å². The average molecular weight is 214 g/mol. The molecule has 1 aliphatic rings. The highest BCUT2D eigenvalue weighted by Gasteiger charge is 2.33. The summed E-state index contributed by atoms with van der Waals surface area (Å²) in [6, 6.07) is 0. The van der Waals surface area contributed by atoms with E-state index in [2.05, 4.69) is 0 Å². The highest BCUT2D eigenvalue weighted by atomic mass is 16.3. The first-order chi connectivity index (χ1) is 6.86. The van der Waals surface area contributed by atoms with Crippen LogP contribution in [0.3, 0.4) is 0 Å². The molecule has 15 heavy (non-hydrogen) atoms. The highest BCUT2D eigenvalue weighted by Crippen LogP contribution is 2.28. The second-order valence-electron chi connectivity index (χ2n) is 5.26. The molecule has 0 aromatic rings. The molecule has 1 fully saturated rings. The van der Waals surface area contributed by atoms with Crippen LogP contribution in [0.4, 0.5) is 0 Å². The second kappa shape index (κ2) is 4.49. The van der Waals surface area contributed by atoms with Crippen LogP contribution in [-0.2, 0) is 4.79 Å². The van der Waals surface area contributed by atoms with Crippen LogP contribution in [0.5, 0.6) is 0 Å². The van der Waals surface area contributed by atoms with Gasteiger partial charge in [-0.15, -0.1) is 0 Å². The minimum atomic E-state index is -0.475. The maximum atomic E-state index is 11.9. The number of aliphatic hydroxyl groups is 1. The van der Waals surface area contributed by atoms with E-state index in [9.17, 15) is 4.79 Å². The Balaban J connectivity index is 2.40. The summed E-state index contributed by atoms with van der Waals surface area (Å²) in [6.07, 6.45) is 1.49. The van der Waals surface area contributed by atoms with E-state index in [0.29, 0.717) is 12.5 Å². The summed E-state index contributed by atoms with van der Waals surface area (Å²) in [4.78, 5) is 13.7. The van der Waals surface area contributed by atoms with Gasteiger partial charge in [-0.25, -0.2) is 0 Å². The van der Waals surface area contributed by atoms with Crippen molar-refractivity contribution in [2.75, 3.05) is 20.1 Å². The summed E-state index contributed by atoms with van der Waals surface area (Å²) in [5, 5.41) is 9.15. The van der Waals surface area contributed by atoms with Gasteiger partial charge in [0, 0.05) is 20.1 Å². The quantitative estimate of drug-likeness (QED) is 0.702. The van der Waals surface area contributed by atoms with Gasteiger partial charge in [-0.05, 0) is 32.6 Å². The van der Waals surface area contributed by atoms with Gasteiger partial charge in [0.05, 0.1) is 11.5 Å². The van der Waals surface area contributed by atoms with E-state index >= 15 is 0 Å². The maximum Gasteiger partial charge on any atom is 0.229 e. The number of hydrogen-bond acceptors (Lipinski definition) is 3. The highest BCUT2D eigenvalue weighted by molar-refractivity contribution is 5.81. The predicted octanol–water partition coefficient (Wildman–Crippen LogP) is 0.201. The molecule has 0 saturated heterocycles. The second-order valence-corrected chi connectivity index (χ2v) is 5.26. The Labute approximate surface area is 91.4 Å². The van der Waals surface area contributed by atoms with Crippen LogP contribution in [0.2, 0.25) is 0 Å². The lowest BCUT2D eigenvalue weighted by Crippen LogP contribution is -2.46. The van der Waals surface area contributed by atoms with Gasteiger partial charge in [0.15, 0.2) is 0 Å². The van der Waals surface area contributed by atoms with Crippen LogP contribution in [0.25, 0.3) is 0 Å². The van der Waals surface area contributed by atoms with Crippen molar-refractivity contribution in [1.29, 1.82) is 0 Å². The number of nitrogens with two attached hydrogens (primary N) is 1. The van der Waals surface area contributed by atoms with Crippen molar-refractivity contribution in [2.45, 2.75) is 32.8 Å². The minimum absolute atomic E-state index is 0.0892. The smallest absolute Gasteiger partial charge is 0.229 e. The van der Waals surface area contributed by atoms with Crippen molar-refractivity contribution in [2.24, 2.45) is 17.1 Å². The molecule has 0 spiro atoms. The van der Waals surface area contributed by atoms with Gasteiger partial charge in [-0.3, -0.25) is 4.79 Å². The van der Waals surface area contributed by atoms with E-state index < -0.39 is 5.41 Å². The zero-order chi connectivity index (χ0) is 11.6. The lowest BCUT2D eigenvalue weighted by Gasteiger charge is -2.36. The van der Waals surface area contributed by atoms with Crippen LogP contribution < -0.4 is 5.73 Å². The number of carbonyl (C=O) groups excluding carboxylic acids is 1. The maximum absolute atomic E-state index is 11.9. The topological polar surface area (TPSA) is 66.6 Å². The number of hydrogen-bond donors (Lipinski definition) is 2. The first kappa shape index (κ1) is 12.5. The normalized spacial score (nSPS) is 25.9. The Kier molecular flexibility index (Phi) is 3.73. The van der Waals surface area contributed by atoms with E-state index in [0.717, 1.165) is 19.4 Å². The largest absolute Gasteiger partial charge is 0.393 e. The number of amides is 1. The Bertz CT molecular complexity index is 235. The first-order valence-corrected chi connectivity index (χ1v) is 5.50. The van der Waals surface area contributed by atoms with Gasteiger partial charge < -0.3 is 15.7 Å². The number of rotatable bonds is 4. The molecule has 4 heteroatoms. The molecule has 88 valence electrons. The van der Waals surface area contributed by atoms with Gasteiger partial charge in [-0.1, -0.05) is 0 Å². The molecule has 1 amide bonds. The molecule has 0 aliphatic heterocycles. The van der Waals surface area contributed by atoms with E-state index in [1.54, 1.807) is 4.90 Å². The third-order valence-corrected chi connectivity index (χ3v) is 3.18. The molecule has 0 aromatic heterocycles. The summed E-state index contributed by atoms with van der Waals surface area (Å²) in [5.41, 5.74) is 5.08. The summed E-state index contributed by atoms with van der Waals surface area (Å²) < 4.78 is 0. The molecule has 0 bridgehead atoms. The Morgan fingerprint density at radius 2 is 2.07 bits per heavy atom. The van der Waals surface area contributed by atoms with E-state index in [1.807, 2.05) is 20.9 Å². The molecule has 1 aliphatic carbocycles. The Hall–Kier alpha value is -0.610. The van der Waals surface area contributed by atoms with Gasteiger partial charge in [-0.2, -0.15) is 0 Å². The Morgan fingerprint density at radius 1 is 1.53 bits per heavy atom. The molecular formula is C11H22N2O2. The van der Waals surface area contributed by atoms with E-state index in [1.165, 1.54) is 0 Å². The third-order valence-electron chi connectivity index (χ3n) is 3.18. The average Bonchev–Trinajstić information content (AvgIpc) is 2.14. The molecule has 4 nitrogen and oxygen atoms in total. The molecule has 0 atom stereocenters. The fourth-order valence-corrected chi connectivity index (χ4v) is 1.92. The van der Waals surface area contributed by atoms with Crippen LogP contribution in [-0.4, -0.2) is 42.2 Å². The van der Waals surface area contributed by atoms with Gasteiger partial charge >= 0.3 is 0 Å². The van der Waals surface area contributed by atoms with Crippen LogP contribution in [0.1, 0.15) is 26.7 Å². The molecule has 0 unspecified atom stereocenters. The number of carbonyl (C=O) groups is 1. The molecule has 1 saturated carbocycles. The summed E-state index contributed by atoms with van der Waals surface area (Å²) in [5.74, 6) is 0.550. The monoisotopic (exact) mass is 214 g/mol. The predicted molar refractivity (Wildman–Crippen MR) is 59.2 cm³/mol. The fourth-order valence-electron chi connectivity index (χ4n) is 1.92. The van der Waals surface area contributed by atoms with Crippen molar-refractivity contribution in [3.8, 4) is 0 Å². The number of nitrogens with zero attached hydrogens (tertiary/aromatic N) is 1. The molecular weight excluding hydrogens is 192 g/mol. The van der Waals surface area contributed by atoms with E-state index in [-0.39, 0.29) is 12.0 Å². The van der Waals surface area contributed by atoms with Crippen molar-refractivity contribution < 1.29 is 9.90 Å². The van der Waals surface area contributed by atoms with Crippen LogP contribution in [0.15, 0.2) is 0 Å². The lowest BCUT2D eigenvalue weighted by atomic mass is 9.81. The van der Waals surface area contributed by atoms with Gasteiger partial charge in [0.1, 0.15) is 0 Å². The summed E-state index contributed by atoms with van der Waals surface area (Å²) >= 11 is 0.